The number of piperazine rings is 1. The van der Waals surface area contributed by atoms with Gasteiger partial charge in [-0.2, -0.15) is 0 Å². The molecule has 0 radical (unpaired) electrons. The lowest BCUT2D eigenvalue weighted by Crippen LogP contribution is -2.51. The van der Waals surface area contributed by atoms with Crippen LogP contribution >= 0.6 is 0 Å². The first kappa shape index (κ1) is 16.2. The molecule has 1 aliphatic rings. The molecule has 21 heavy (non-hydrogen) atoms. The third-order valence-electron chi connectivity index (χ3n) is 4.39. The van der Waals surface area contributed by atoms with E-state index < -0.39 is 0 Å². The number of pyridine rings is 1. The lowest BCUT2D eigenvalue weighted by molar-refractivity contribution is 0.213. The molecule has 0 aliphatic carbocycles. The average molecular weight is 290 g/mol. The van der Waals surface area contributed by atoms with Gasteiger partial charge < -0.3 is 10.2 Å². The number of aryl methyl sites for hydroxylation is 1. The van der Waals surface area contributed by atoms with Gasteiger partial charge in [-0.15, -0.1) is 0 Å². The monoisotopic (exact) mass is 290 g/mol. The second-order valence-electron chi connectivity index (χ2n) is 6.48. The molecule has 2 rings (SSSR count). The summed E-state index contributed by atoms with van der Waals surface area (Å²) in [5.41, 5.74) is 3.78. The topological polar surface area (TPSA) is 31.4 Å². The van der Waals surface area contributed by atoms with Crippen molar-refractivity contribution in [2.75, 3.05) is 31.6 Å². The summed E-state index contributed by atoms with van der Waals surface area (Å²) in [4.78, 5) is 9.51. The Hall–Kier alpha value is -1.13. The van der Waals surface area contributed by atoms with Gasteiger partial charge in [0.05, 0.1) is 0 Å². The highest BCUT2D eigenvalue weighted by Crippen LogP contribution is 2.24. The zero-order valence-corrected chi connectivity index (χ0v) is 14.2. The summed E-state index contributed by atoms with van der Waals surface area (Å²) < 4.78 is 0. The molecule has 1 aliphatic heterocycles. The third kappa shape index (κ3) is 4.17. The number of rotatable bonds is 5. The van der Waals surface area contributed by atoms with Crippen LogP contribution in [0.3, 0.4) is 0 Å². The quantitative estimate of drug-likeness (QED) is 0.902. The summed E-state index contributed by atoms with van der Waals surface area (Å²) in [6.45, 7) is 13.0. The molecule has 118 valence electrons. The first-order valence-electron chi connectivity index (χ1n) is 8.15. The van der Waals surface area contributed by atoms with Gasteiger partial charge in [-0.1, -0.05) is 20.8 Å². The van der Waals surface area contributed by atoms with Gasteiger partial charge in [-0.25, -0.2) is 0 Å². The molecule has 0 amide bonds. The highest BCUT2D eigenvalue weighted by Gasteiger charge is 2.24. The van der Waals surface area contributed by atoms with E-state index in [1.54, 1.807) is 0 Å². The molecule has 0 bridgehead atoms. The largest absolute Gasteiger partial charge is 0.368 e. The highest BCUT2D eigenvalue weighted by molar-refractivity contribution is 5.54. The van der Waals surface area contributed by atoms with Crippen molar-refractivity contribution in [3.63, 3.8) is 0 Å². The second-order valence-corrected chi connectivity index (χ2v) is 6.48. The van der Waals surface area contributed by atoms with Crippen molar-refractivity contribution < 1.29 is 0 Å². The standard InChI is InChI=1S/C17H30N4/c1-6-16-12-21(8-7-20(16)5)17-9-14(4)19-11-15(17)10-18-13(2)3/h9,11,13,16,18H,6-8,10,12H2,1-5H3. The van der Waals surface area contributed by atoms with E-state index in [1.807, 2.05) is 6.20 Å². The number of hydrogen-bond acceptors (Lipinski definition) is 4. The van der Waals surface area contributed by atoms with E-state index in [2.05, 4.69) is 60.9 Å². The smallest absolute Gasteiger partial charge is 0.0446 e. The van der Waals surface area contributed by atoms with E-state index in [-0.39, 0.29) is 0 Å². The molecule has 1 atom stereocenters. The molecule has 4 heteroatoms. The maximum Gasteiger partial charge on any atom is 0.0446 e. The van der Waals surface area contributed by atoms with Crippen molar-refractivity contribution >= 4 is 5.69 Å². The van der Waals surface area contributed by atoms with Crippen molar-refractivity contribution in [2.24, 2.45) is 0 Å². The van der Waals surface area contributed by atoms with Crippen LogP contribution in [0.5, 0.6) is 0 Å². The van der Waals surface area contributed by atoms with Gasteiger partial charge in [0.25, 0.3) is 0 Å². The molecular formula is C17H30N4. The van der Waals surface area contributed by atoms with Crippen LogP contribution in [0, 0.1) is 6.92 Å². The second kappa shape index (κ2) is 7.23. The van der Waals surface area contributed by atoms with Crippen molar-refractivity contribution in [3.8, 4) is 0 Å². The van der Waals surface area contributed by atoms with Crippen LogP contribution < -0.4 is 10.2 Å². The summed E-state index contributed by atoms with van der Waals surface area (Å²) in [6.07, 6.45) is 3.25. The average Bonchev–Trinajstić information content (AvgIpc) is 2.46. The zero-order chi connectivity index (χ0) is 15.4. The van der Waals surface area contributed by atoms with Gasteiger partial charge in [-0.05, 0) is 26.5 Å². The Morgan fingerprint density at radius 2 is 2.14 bits per heavy atom. The number of nitrogens with zero attached hydrogens (tertiary/aromatic N) is 3. The Morgan fingerprint density at radius 3 is 2.81 bits per heavy atom. The fourth-order valence-electron chi connectivity index (χ4n) is 2.92. The van der Waals surface area contributed by atoms with Crippen molar-refractivity contribution in [1.29, 1.82) is 0 Å². The molecule has 1 saturated heterocycles. The summed E-state index contributed by atoms with van der Waals surface area (Å²) in [5.74, 6) is 0. The van der Waals surface area contributed by atoms with Crippen molar-refractivity contribution in [1.82, 2.24) is 15.2 Å². The van der Waals surface area contributed by atoms with Crippen LogP contribution in [0.4, 0.5) is 5.69 Å². The molecule has 0 saturated carbocycles. The summed E-state index contributed by atoms with van der Waals surface area (Å²) in [5, 5.41) is 3.52. The number of likely N-dealkylation sites (N-methyl/N-ethyl adjacent to an activating group) is 1. The van der Waals surface area contributed by atoms with Crippen LogP contribution in [0.25, 0.3) is 0 Å². The Balaban J connectivity index is 2.19. The maximum absolute atomic E-state index is 4.49. The molecule has 1 N–H and O–H groups in total. The molecule has 0 spiro atoms. The number of hydrogen-bond donors (Lipinski definition) is 1. The predicted molar refractivity (Wildman–Crippen MR) is 89.9 cm³/mol. The molecule has 1 unspecified atom stereocenters. The Labute approximate surface area is 129 Å². The summed E-state index contributed by atoms with van der Waals surface area (Å²) in [6, 6.07) is 3.39. The fourth-order valence-corrected chi connectivity index (χ4v) is 2.92. The van der Waals surface area contributed by atoms with Gasteiger partial charge in [0.15, 0.2) is 0 Å². The normalized spacial score (nSPS) is 20.3. The summed E-state index contributed by atoms with van der Waals surface area (Å²) in [7, 11) is 2.24. The molecule has 1 aromatic rings. The molecular weight excluding hydrogens is 260 g/mol. The van der Waals surface area contributed by atoms with Crippen molar-refractivity contribution in [3.05, 3.63) is 23.5 Å². The molecule has 0 aromatic carbocycles. The minimum atomic E-state index is 0.495. The van der Waals surface area contributed by atoms with Crippen LogP contribution in [-0.4, -0.2) is 48.6 Å². The lowest BCUT2D eigenvalue weighted by atomic mass is 10.1. The number of anilines is 1. The van der Waals surface area contributed by atoms with E-state index >= 15 is 0 Å². The molecule has 2 heterocycles. The number of aromatic nitrogens is 1. The van der Waals surface area contributed by atoms with Gasteiger partial charge in [-0.3, -0.25) is 9.88 Å². The highest BCUT2D eigenvalue weighted by atomic mass is 15.3. The maximum atomic E-state index is 4.49. The fraction of sp³-hybridized carbons (Fsp3) is 0.706. The van der Waals surface area contributed by atoms with E-state index in [1.165, 1.54) is 17.7 Å². The first-order valence-corrected chi connectivity index (χ1v) is 8.15. The first-order chi connectivity index (χ1) is 10.0. The van der Waals surface area contributed by atoms with Gasteiger partial charge in [0, 0.05) is 61.4 Å². The minimum Gasteiger partial charge on any atom is -0.368 e. The Morgan fingerprint density at radius 1 is 1.38 bits per heavy atom. The van der Waals surface area contributed by atoms with Gasteiger partial charge >= 0.3 is 0 Å². The Kier molecular flexibility index (Phi) is 5.59. The Bertz CT molecular complexity index is 458. The van der Waals surface area contributed by atoms with E-state index in [4.69, 9.17) is 0 Å². The van der Waals surface area contributed by atoms with Gasteiger partial charge in [0.2, 0.25) is 0 Å². The van der Waals surface area contributed by atoms with Crippen LogP contribution in [0.15, 0.2) is 12.3 Å². The predicted octanol–water partition coefficient (Wildman–Crippen LogP) is 2.42. The molecule has 1 fully saturated rings. The number of nitrogens with one attached hydrogen (secondary N) is 1. The molecule has 1 aromatic heterocycles. The van der Waals surface area contributed by atoms with Gasteiger partial charge in [0.1, 0.15) is 0 Å². The van der Waals surface area contributed by atoms with Crippen molar-refractivity contribution in [2.45, 2.75) is 52.7 Å². The minimum absolute atomic E-state index is 0.495. The van der Waals surface area contributed by atoms with Crippen LogP contribution in [-0.2, 0) is 6.54 Å². The summed E-state index contributed by atoms with van der Waals surface area (Å²) >= 11 is 0. The van der Waals surface area contributed by atoms with Crippen LogP contribution in [0.2, 0.25) is 0 Å². The van der Waals surface area contributed by atoms with E-state index in [0.29, 0.717) is 12.1 Å². The zero-order valence-electron chi connectivity index (χ0n) is 14.2. The molecule has 4 nitrogen and oxygen atoms in total. The van der Waals surface area contributed by atoms with E-state index in [0.717, 1.165) is 31.9 Å². The lowest BCUT2D eigenvalue weighted by Gasteiger charge is -2.41. The SMILES string of the molecule is CCC1CN(c2cc(C)ncc2CNC(C)C)CCN1C. The van der Waals surface area contributed by atoms with E-state index in [9.17, 15) is 0 Å². The van der Waals surface area contributed by atoms with Crippen LogP contribution in [0.1, 0.15) is 38.4 Å². The third-order valence-corrected chi connectivity index (χ3v) is 4.39.